The van der Waals surface area contributed by atoms with Crippen molar-refractivity contribution in [2.45, 2.75) is 6.42 Å². The summed E-state index contributed by atoms with van der Waals surface area (Å²) >= 11 is 1.11. The Bertz CT molecular complexity index is 197. The van der Waals surface area contributed by atoms with E-state index < -0.39 is 10.2 Å². The van der Waals surface area contributed by atoms with Gasteiger partial charge in [0.2, 0.25) is 0 Å². The molecule has 4 nitrogen and oxygen atoms in total. The number of hydrogen-bond acceptors (Lipinski definition) is 3. The van der Waals surface area contributed by atoms with E-state index in [1.54, 1.807) is 6.26 Å². The summed E-state index contributed by atoms with van der Waals surface area (Å²) in [4.78, 5) is 0. The quantitative estimate of drug-likeness (QED) is 0.615. The molecule has 1 aliphatic rings. The van der Waals surface area contributed by atoms with Gasteiger partial charge in [0.05, 0.1) is 0 Å². The second-order valence-corrected chi connectivity index (χ2v) is 4.59. The van der Waals surface area contributed by atoms with Crippen LogP contribution in [0.5, 0.6) is 0 Å². The van der Waals surface area contributed by atoms with Crippen LogP contribution >= 0.6 is 11.9 Å². The molecule has 1 heterocycles. The first kappa shape index (κ1) is 8.32. The highest BCUT2D eigenvalue weighted by atomic mass is 32.3. The minimum absolute atomic E-state index is 0.663. The van der Waals surface area contributed by atoms with Gasteiger partial charge in [0, 0.05) is 13.1 Å². The molecule has 1 fully saturated rings. The van der Waals surface area contributed by atoms with Crippen molar-refractivity contribution in [3.8, 4) is 0 Å². The Morgan fingerprint density at radius 1 is 1.50 bits per heavy atom. The van der Waals surface area contributed by atoms with Crippen LogP contribution in [0.1, 0.15) is 6.42 Å². The Morgan fingerprint density at radius 3 is 2.40 bits per heavy atom. The van der Waals surface area contributed by atoms with Crippen LogP contribution in [0.25, 0.3) is 0 Å². The summed E-state index contributed by atoms with van der Waals surface area (Å²) in [5.41, 5.74) is 0. The molecule has 0 bridgehead atoms. The second kappa shape index (κ2) is 3.08. The molecule has 1 saturated heterocycles. The van der Waals surface area contributed by atoms with Gasteiger partial charge in [-0.15, -0.1) is 4.13 Å². The Balaban J connectivity index is 2.50. The first-order chi connectivity index (χ1) is 4.67. The van der Waals surface area contributed by atoms with Crippen LogP contribution in [-0.4, -0.2) is 32.1 Å². The topological polar surface area (TPSA) is 49.4 Å². The summed E-state index contributed by atoms with van der Waals surface area (Å²) in [5.74, 6) is 0. The molecule has 0 atom stereocenters. The molecular formula is C4H10N2O2S2. The normalized spacial score (nSPS) is 20.5. The first-order valence-corrected chi connectivity index (χ1v) is 5.63. The molecule has 0 aromatic heterocycles. The molecule has 0 aliphatic carbocycles. The van der Waals surface area contributed by atoms with Crippen LogP contribution in [0.2, 0.25) is 0 Å². The molecule has 1 aliphatic heterocycles. The molecule has 0 saturated carbocycles. The minimum Gasteiger partial charge on any atom is -0.194 e. The summed E-state index contributed by atoms with van der Waals surface area (Å²) in [7, 11) is -3.13. The lowest BCUT2D eigenvalue weighted by Gasteiger charge is -2.28. The van der Waals surface area contributed by atoms with Crippen LogP contribution in [0, 0.1) is 0 Å². The average molecular weight is 182 g/mol. The van der Waals surface area contributed by atoms with E-state index in [0.717, 1.165) is 18.4 Å². The second-order valence-electron chi connectivity index (χ2n) is 2.05. The highest BCUT2D eigenvalue weighted by molar-refractivity contribution is 8.08. The van der Waals surface area contributed by atoms with Gasteiger partial charge >= 0.3 is 0 Å². The lowest BCUT2D eigenvalue weighted by molar-refractivity contribution is 0.308. The maximum absolute atomic E-state index is 11.0. The van der Waals surface area contributed by atoms with E-state index in [4.69, 9.17) is 0 Å². The van der Waals surface area contributed by atoms with Crippen LogP contribution < -0.4 is 4.13 Å². The van der Waals surface area contributed by atoms with Gasteiger partial charge in [-0.2, -0.15) is 12.7 Å². The van der Waals surface area contributed by atoms with Gasteiger partial charge in [0.15, 0.2) is 0 Å². The van der Waals surface area contributed by atoms with Crippen molar-refractivity contribution in [2.24, 2.45) is 0 Å². The van der Waals surface area contributed by atoms with Crippen molar-refractivity contribution in [1.29, 1.82) is 0 Å². The number of nitrogens with zero attached hydrogens (tertiary/aromatic N) is 1. The molecular weight excluding hydrogens is 172 g/mol. The van der Waals surface area contributed by atoms with Crippen molar-refractivity contribution in [2.75, 3.05) is 19.3 Å². The summed E-state index contributed by atoms with van der Waals surface area (Å²) in [6.45, 7) is 1.33. The van der Waals surface area contributed by atoms with Gasteiger partial charge in [0.25, 0.3) is 10.2 Å². The van der Waals surface area contributed by atoms with Gasteiger partial charge in [-0.25, -0.2) is 0 Å². The van der Waals surface area contributed by atoms with Gasteiger partial charge in [0.1, 0.15) is 0 Å². The number of hydrogen-bond donors (Lipinski definition) is 1. The smallest absolute Gasteiger partial charge is 0.194 e. The third-order valence-electron chi connectivity index (χ3n) is 1.34. The summed E-state index contributed by atoms with van der Waals surface area (Å²) in [5, 5.41) is 0. The van der Waals surface area contributed by atoms with Gasteiger partial charge in [-0.3, -0.25) is 0 Å². The Kier molecular flexibility index (Phi) is 2.56. The predicted octanol–water partition coefficient (Wildman–Crippen LogP) is -0.196. The third kappa shape index (κ3) is 1.63. The summed E-state index contributed by atoms with van der Waals surface area (Å²) in [6, 6.07) is 0. The average Bonchev–Trinajstić information content (AvgIpc) is 1.56. The fourth-order valence-electron chi connectivity index (χ4n) is 0.686. The van der Waals surface area contributed by atoms with Crippen molar-refractivity contribution in [3.63, 3.8) is 0 Å². The SMILES string of the molecule is CSNS(=O)(=O)N1CCC1. The standard InChI is InChI=1S/C4H10N2O2S2/c1-9-5-10(7,8)6-3-2-4-6/h5H,2-4H2,1H3. The maximum atomic E-state index is 11.0. The highest BCUT2D eigenvalue weighted by Gasteiger charge is 2.26. The monoisotopic (exact) mass is 182 g/mol. The zero-order valence-corrected chi connectivity index (χ0v) is 7.33. The molecule has 1 N–H and O–H groups in total. The van der Waals surface area contributed by atoms with Crippen molar-refractivity contribution in [3.05, 3.63) is 0 Å². The Hall–Kier alpha value is 0.220. The van der Waals surface area contributed by atoms with Gasteiger partial charge in [-0.1, -0.05) is 11.9 Å². The van der Waals surface area contributed by atoms with Crippen LogP contribution in [0.4, 0.5) is 0 Å². The predicted molar refractivity (Wildman–Crippen MR) is 41.8 cm³/mol. The fraction of sp³-hybridized carbons (Fsp3) is 1.00. The van der Waals surface area contributed by atoms with Crippen molar-refractivity contribution in [1.82, 2.24) is 8.43 Å². The van der Waals surface area contributed by atoms with Crippen molar-refractivity contribution < 1.29 is 8.42 Å². The maximum Gasteiger partial charge on any atom is 0.288 e. The largest absolute Gasteiger partial charge is 0.288 e. The lowest BCUT2D eigenvalue weighted by Crippen LogP contribution is -2.46. The highest BCUT2D eigenvalue weighted by Crippen LogP contribution is 2.11. The number of nitrogens with one attached hydrogen (secondary N) is 1. The molecule has 10 heavy (non-hydrogen) atoms. The van der Waals surface area contributed by atoms with Crippen LogP contribution in [0.15, 0.2) is 0 Å². The molecule has 0 radical (unpaired) electrons. The Labute approximate surface area is 65.3 Å². The van der Waals surface area contributed by atoms with E-state index in [2.05, 4.69) is 4.13 Å². The lowest BCUT2D eigenvalue weighted by atomic mass is 10.3. The van der Waals surface area contributed by atoms with E-state index in [9.17, 15) is 8.42 Å². The van der Waals surface area contributed by atoms with E-state index in [1.807, 2.05) is 0 Å². The summed E-state index contributed by atoms with van der Waals surface area (Å²) in [6.07, 6.45) is 2.67. The molecule has 0 spiro atoms. The molecule has 1 rings (SSSR count). The molecule has 0 aromatic rings. The van der Waals surface area contributed by atoms with Gasteiger partial charge < -0.3 is 0 Å². The number of rotatable bonds is 3. The molecule has 0 unspecified atom stereocenters. The van der Waals surface area contributed by atoms with E-state index in [1.165, 1.54) is 4.31 Å². The van der Waals surface area contributed by atoms with Crippen LogP contribution in [0.3, 0.4) is 0 Å². The van der Waals surface area contributed by atoms with E-state index in [0.29, 0.717) is 13.1 Å². The fourth-order valence-corrected chi connectivity index (χ4v) is 2.69. The zero-order valence-electron chi connectivity index (χ0n) is 5.70. The van der Waals surface area contributed by atoms with E-state index in [-0.39, 0.29) is 0 Å². The summed E-state index contributed by atoms with van der Waals surface area (Å²) < 4.78 is 25.8. The van der Waals surface area contributed by atoms with Gasteiger partial charge in [-0.05, 0) is 12.7 Å². The molecule has 0 aromatic carbocycles. The van der Waals surface area contributed by atoms with Crippen LogP contribution in [-0.2, 0) is 10.2 Å². The Morgan fingerprint density at radius 2 is 2.10 bits per heavy atom. The zero-order chi connectivity index (χ0) is 7.61. The molecule has 60 valence electrons. The first-order valence-electron chi connectivity index (χ1n) is 2.96. The molecule has 6 heteroatoms. The minimum atomic E-state index is -3.13. The third-order valence-corrected chi connectivity index (χ3v) is 3.90. The van der Waals surface area contributed by atoms with E-state index >= 15 is 0 Å². The molecule has 0 amide bonds. The van der Waals surface area contributed by atoms with Crippen molar-refractivity contribution >= 4 is 22.2 Å².